The molecule has 0 radical (unpaired) electrons. The summed E-state index contributed by atoms with van der Waals surface area (Å²) in [5.41, 5.74) is 0.778. The lowest BCUT2D eigenvalue weighted by Gasteiger charge is -2.30. The number of benzene rings is 1. The van der Waals surface area contributed by atoms with Crippen LogP contribution in [0.3, 0.4) is 0 Å². The molecular formula is C18H23NO3S. The van der Waals surface area contributed by atoms with Crippen molar-refractivity contribution in [2.75, 3.05) is 10.7 Å². The van der Waals surface area contributed by atoms with Gasteiger partial charge in [-0.1, -0.05) is 37.5 Å². The number of hydrogen-bond donors (Lipinski definition) is 0. The molecule has 2 aliphatic rings. The van der Waals surface area contributed by atoms with E-state index in [-0.39, 0.29) is 11.7 Å². The molecule has 0 N–H and O–H groups in total. The van der Waals surface area contributed by atoms with Gasteiger partial charge in [0.2, 0.25) is 5.91 Å². The summed E-state index contributed by atoms with van der Waals surface area (Å²) >= 11 is 0. The second kappa shape index (κ2) is 6.87. The van der Waals surface area contributed by atoms with E-state index in [0.29, 0.717) is 12.3 Å². The van der Waals surface area contributed by atoms with Gasteiger partial charge in [-0.05, 0) is 37.0 Å². The molecule has 0 aromatic heterocycles. The third kappa shape index (κ3) is 4.02. The Kier molecular flexibility index (Phi) is 4.85. The molecular weight excluding hydrogens is 310 g/mol. The molecule has 23 heavy (non-hydrogen) atoms. The Morgan fingerprint density at radius 3 is 2.39 bits per heavy atom. The zero-order chi connectivity index (χ0) is 16.3. The summed E-state index contributed by atoms with van der Waals surface area (Å²) in [6, 6.07) is 9.01. The SMILES string of the molecule is O=C(CC1CCCCC1)N(c1ccccc1)C1C=CS(=O)(=O)C1. The molecule has 5 heteroatoms. The Labute approximate surface area is 138 Å². The first-order valence-corrected chi connectivity index (χ1v) is 10.0. The van der Waals surface area contributed by atoms with Crippen LogP contribution in [0.1, 0.15) is 38.5 Å². The number of nitrogens with zero attached hydrogens (tertiary/aromatic N) is 1. The zero-order valence-electron chi connectivity index (χ0n) is 13.2. The minimum atomic E-state index is -3.19. The Balaban J connectivity index is 1.80. The normalized spacial score (nSPS) is 23.7. The van der Waals surface area contributed by atoms with Crippen LogP contribution in [-0.4, -0.2) is 26.1 Å². The van der Waals surface area contributed by atoms with Gasteiger partial charge >= 0.3 is 0 Å². The first-order chi connectivity index (χ1) is 11.1. The maximum Gasteiger partial charge on any atom is 0.227 e. The van der Waals surface area contributed by atoms with Gasteiger partial charge in [0.05, 0.1) is 11.8 Å². The van der Waals surface area contributed by atoms with Gasteiger partial charge in [0, 0.05) is 17.5 Å². The number of amides is 1. The predicted molar refractivity (Wildman–Crippen MR) is 91.8 cm³/mol. The number of rotatable bonds is 4. The van der Waals surface area contributed by atoms with Crippen molar-refractivity contribution in [3.63, 3.8) is 0 Å². The molecule has 0 bridgehead atoms. The number of hydrogen-bond acceptors (Lipinski definition) is 3. The van der Waals surface area contributed by atoms with Gasteiger partial charge in [-0.25, -0.2) is 8.42 Å². The lowest BCUT2D eigenvalue weighted by molar-refractivity contribution is -0.120. The molecule has 0 spiro atoms. The highest BCUT2D eigenvalue weighted by Crippen LogP contribution is 2.29. The third-order valence-electron chi connectivity index (χ3n) is 4.73. The van der Waals surface area contributed by atoms with Crippen LogP contribution < -0.4 is 4.90 Å². The highest BCUT2D eigenvalue weighted by Gasteiger charge is 2.32. The van der Waals surface area contributed by atoms with Gasteiger partial charge in [0.25, 0.3) is 0 Å². The molecule has 1 fully saturated rings. The smallest absolute Gasteiger partial charge is 0.227 e. The van der Waals surface area contributed by atoms with E-state index in [9.17, 15) is 13.2 Å². The Morgan fingerprint density at radius 2 is 1.78 bits per heavy atom. The van der Waals surface area contributed by atoms with E-state index in [1.54, 1.807) is 11.0 Å². The highest BCUT2D eigenvalue weighted by molar-refractivity contribution is 7.94. The lowest BCUT2D eigenvalue weighted by atomic mass is 9.86. The fourth-order valence-corrected chi connectivity index (χ4v) is 4.83. The summed E-state index contributed by atoms with van der Waals surface area (Å²) in [5.74, 6) is 0.456. The van der Waals surface area contributed by atoms with Crippen molar-refractivity contribution >= 4 is 21.4 Å². The Bertz CT molecular complexity index is 675. The van der Waals surface area contributed by atoms with Crippen molar-refractivity contribution < 1.29 is 13.2 Å². The third-order valence-corrected chi connectivity index (χ3v) is 6.11. The molecule has 1 aliphatic heterocycles. The van der Waals surface area contributed by atoms with Gasteiger partial charge in [-0.3, -0.25) is 4.79 Å². The monoisotopic (exact) mass is 333 g/mol. The standard InChI is InChI=1S/C18H23NO3S/c20-18(13-15-7-3-1-4-8-15)19(16-9-5-2-6-10-16)17-11-12-23(21,22)14-17/h2,5-6,9-12,15,17H,1,3-4,7-8,13-14H2. The average molecular weight is 333 g/mol. The topological polar surface area (TPSA) is 54.5 Å². The molecule has 1 unspecified atom stereocenters. The van der Waals surface area contributed by atoms with Crippen molar-refractivity contribution in [2.24, 2.45) is 5.92 Å². The predicted octanol–water partition coefficient (Wildman–Crippen LogP) is 3.30. The van der Waals surface area contributed by atoms with E-state index in [4.69, 9.17) is 0 Å². The Morgan fingerprint density at radius 1 is 1.09 bits per heavy atom. The molecule has 1 amide bonds. The number of sulfone groups is 1. The van der Waals surface area contributed by atoms with Gasteiger partial charge in [0.1, 0.15) is 0 Å². The van der Waals surface area contributed by atoms with Crippen LogP contribution in [0.15, 0.2) is 41.8 Å². The molecule has 1 aliphatic carbocycles. The maximum absolute atomic E-state index is 12.9. The minimum absolute atomic E-state index is 0.0156. The van der Waals surface area contributed by atoms with Gasteiger partial charge in [-0.2, -0.15) is 0 Å². The van der Waals surface area contributed by atoms with Crippen LogP contribution in [-0.2, 0) is 14.6 Å². The van der Waals surface area contributed by atoms with Crippen LogP contribution in [0.2, 0.25) is 0 Å². The quantitative estimate of drug-likeness (QED) is 0.849. The summed E-state index contributed by atoms with van der Waals surface area (Å²) in [5, 5.41) is 1.24. The van der Waals surface area contributed by atoms with E-state index in [0.717, 1.165) is 18.5 Å². The second-order valence-electron chi connectivity index (χ2n) is 6.53. The summed E-state index contributed by atoms with van der Waals surface area (Å²) in [4.78, 5) is 14.6. The maximum atomic E-state index is 12.9. The molecule has 4 nitrogen and oxygen atoms in total. The van der Waals surface area contributed by atoms with Crippen LogP contribution in [0, 0.1) is 5.92 Å². The van der Waals surface area contributed by atoms with E-state index in [1.165, 1.54) is 24.7 Å². The van der Waals surface area contributed by atoms with Crippen molar-refractivity contribution in [2.45, 2.75) is 44.6 Å². The second-order valence-corrected chi connectivity index (χ2v) is 8.46. The van der Waals surface area contributed by atoms with Gasteiger partial charge in [-0.15, -0.1) is 0 Å². The summed E-state index contributed by atoms with van der Waals surface area (Å²) in [6.07, 6.45) is 8.01. The molecule has 1 atom stereocenters. The zero-order valence-corrected chi connectivity index (χ0v) is 14.0. The fourth-order valence-electron chi connectivity index (χ4n) is 3.57. The van der Waals surface area contributed by atoms with Gasteiger partial charge < -0.3 is 4.90 Å². The largest absolute Gasteiger partial charge is 0.304 e. The number of carbonyl (C=O) groups is 1. The molecule has 0 saturated heterocycles. The van der Waals surface area contributed by atoms with Crippen LogP contribution >= 0.6 is 0 Å². The molecule has 1 aromatic carbocycles. The number of carbonyl (C=O) groups excluding carboxylic acids is 1. The fraction of sp³-hybridized carbons (Fsp3) is 0.500. The number of anilines is 1. The summed E-state index contributed by atoms with van der Waals surface area (Å²) in [7, 11) is -3.19. The van der Waals surface area contributed by atoms with Gasteiger partial charge in [0.15, 0.2) is 9.84 Å². The van der Waals surface area contributed by atoms with Crippen molar-refractivity contribution in [3.8, 4) is 0 Å². The van der Waals surface area contributed by atoms with Crippen molar-refractivity contribution in [1.29, 1.82) is 0 Å². The highest BCUT2D eigenvalue weighted by atomic mass is 32.2. The average Bonchev–Trinajstić information content (AvgIpc) is 2.89. The van der Waals surface area contributed by atoms with E-state index in [2.05, 4.69) is 0 Å². The van der Waals surface area contributed by atoms with E-state index >= 15 is 0 Å². The molecule has 1 aromatic rings. The molecule has 124 valence electrons. The van der Waals surface area contributed by atoms with Crippen molar-refractivity contribution in [1.82, 2.24) is 0 Å². The number of para-hydroxylation sites is 1. The molecule has 3 rings (SSSR count). The van der Waals surface area contributed by atoms with E-state index in [1.807, 2.05) is 30.3 Å². The summed E-state index contributed by atoms with van der Waals surface area (Å²) in [6.45, 7) is 0. The first-order valence-electron chi connectivity index (χ1n) is 8.33. The molecule has 1 heterocycles. The Hall–Kier alpha value is -1.62. The van der Waals surface area contributed by atoms with Crippen LogP contribution in [0.4, 0.5) is 5.69 Å². The molecule has 1 saturated carbocycles. The van der Waals surface area contributed by atoms with E-state index < -0.39 is 15.9 Å². The lowest BCUT2D eigenvalue weighted by Crippen LogP contribution is -2.42. The van der Waals surface area contributed by atoms with Crippen LogP contribution in [0.5, 0.6) is 0 Å². The summed E-state index contributed by atoms with van der Waals surface area (Å²) < 4.78 is 23.5. The van der Waals surface area contributed by atoms with Crippen LogP contribution in [0.25, 0.3) is 0 Å². The van der Waals surface area contributed by atoms with Crippen molar-refractivity contribution in [3.05, 3.63) is 41.8 Å². The minimum Gasteiger partial charge on any atom is -0.304 e. The first kappa shape index (κ1) is 16.2.